The number of ether oxygens (including phenoxy) is 1. The second-order valence-electron chi connectivity index (χ2n) is 6.52. The Morgan fingerprint density at radius 3 is 2.70 bits per heavy atom. The fourth-order valence-electron chi connectivity index (χ4n) is 2.88. The van der Waals surface area contributed by atoms with Gasteiger partial charge in [-0.15, -0.1) is 0 Å². The lowest BCUT2D eigenvalue weighted by Crippen LogP contribution is -2.54. The summed E-state index contributed by atoms with van der Waals surface area (Å²) in [5.74, 6) is -0.888. The first-order chi connectivity index (χ1) is 10.7. The Morgan fingerprint density at radius 1 is 1.39 bits per heavy atom. The number of methoxy groups -OCH3 is 1. The number of piperidine rings is 1. The Hall–Kier alpha value is -1.95. The Labute approximate surface area is 135 Å². The van der Waals surface area contributed by atoms with Crippen molar-refractivity contribution in [2.75, 3.05) is 20.2 Å². The molecule has 0 bridgehead atoms. The van der Waals surface area contributed by atoms with E-state index in [9.17, 15) is 14.0 Å². The van der Waals surface area contributed by atoms with Gasteiger partial charge in [0, 0.05) is 19.0 Å². The number of Topliss-reactive ketones (excluding diaryl/α,β-unsaturated/α-hetero) is 1. The maximum absolute atomic E-state index is 13.5. The van der Waals surface area contributed by atoms with Crippen molar-refractivity contribution in [3.05, 3.63) is 29.6 Å². The van der Waals surface area contributed by atoms with E-state index < -0.39 is 11.4 Å². The van der Waals surface area contributed by atoms with Crippen LogP contribution in [0.25, 0.3) is 0 Å². The van der Waals surface area contributed by atoms with Crippen LogP contribution in [-0.4, -0.2) is 42.3 Å². The molecule has 1 aromatic carbocycles. The first-order valence-corrected chi connectivity index (χ1v) is 7.70. The number of nitrogens with zero attached hydrogens (tertiary/aromatic N) is 1. The molecule has 0 aliphatic carbocycles. The Balaban J connectivity index is 2.20. The van der Waals surface area contributed by atoms with E-state index >= 15 is 0 Å². The largest absolute Gasteiger partial charge is 0.496 e. The molecule has 1 heterocycles. The van der Waals surface area contributed by atoms with Gasteiger partial charge in [0.05, 0.1) is 18.2 Å². The molecule has 1 saturated heterocycles. The quantitative estimate of drug-likeness (QED) is 0.861. The summed E-state index contributed by atoms with van der Waals surface area (Å²) in [6, 6.07) is 3.88. The van der Waals surface area contributed by atoms with Crippen LogP contribution in [0.3, 0.4) is 0 Å². The standard InChI is InChI=1S/C17H23FN2O3/c1-17(2,19)16(22)20-8-4-5-11(10-20)15(21)13-9-12(18)6-7-14(13)23-3/h6-7,9,11H,4-5,8,10,19H2,1-3H3/t11-/m0/s1. The number of halogens is 1. The molecule has 0 saturated carbocycles. The molecule has 2 N–H and O–H groups in total. The molecular weight excluding hydrogens is 299 g/mol. The van der Waals surface area contributed by atoms with E-state index in [-0.39, 0.29) is 23.2 Å². The van der Waals surface area contributed by atoms with Crippen LogP contribution < -0.4 is 10.5 Å². The lowest BCUT2D eigenvalue weighted by Gasteiger charge is -2.35. The van der Waals surface area contributed by atoms with Gasteiger partial charge < -0.3 is 15.4 Å². The zero-order valence-corrected chi connectivity index (χ0v) is 13.8. The van der Waals surface area contributed by atoms with Gasteiger partial charge in [0.15, 0.2) is 5.78 Å². The normalized spacial score (nSPS) is 18.7. The molecule has 1 atom stereocenters. The number of rotatable bonds is 4. The molecule has 1 aliphatic rings. The first kappa shape index (κ1) is 17.4. The minimum atomic E-state index is -0.971. The van der Waals surface area contributed by atoms with E-state index in [0.29, 0.717) is 25.3 Å². The van der Waals surface area contributed by atoms with Gasteiger partial charge in [-0.3, -0.25) is 9.59 Å². The van der Waals surface area contributed by atoms with Gasteiger partial charge in [0.2, 0.25) is 5.91 Å². The van der Waals surface area contributed by atoms with E-state index in [4.69, 9.17) is 10.5 Å². The molecule has 5 nitrogen and oxygen atoms in total. The summed E-state index contributed by atoms with van der Waals surface area (Å²) >= 11 is 0. The molecule has 6 heteroatoms. The fourth-order valence-corrected chi connectivity index (χ4v) is 2.88. The van der Waals surface area contributed by atoms with E-state index in [1.165, 1.54) is 25.3 Å². The Morgan fingerprint density at radius 2 is 2.09 bits per heavy atom. The summed E-state index contributed by atoms with van der Waals surface area (Å²) in [4.78, 5) is 26.7. The first-order valence-electron chi connectivity index (χ1n) is 7.70. The van der Waals surface area contributed by atoms with E-state index in [2.05, 4.69) is 0 Å². The highest BCUT2D eigenvalue weighted by Gasteiger charge is 2.34. The van der Waals surface area contributed by atoms with Crippen LogP contribution in [-0.2, 0) is 4.79 Å². The second-order valence-corrected chi connectivity index (χ2v) is 6.52. The molecule has 0 radical (unpaired) electrons. The lowest BCUT2D eigenvalue weighted by atomic mass is 9.88. The average Bonchev–Trinajstić information content (AvgIpc) is 2.52. The predicted molar refractivity (Wildman–Crippen MR) is 84.9 cm³/mol. The van der Waals surface area contributed by atoms with Crippen molar-refractivity contribution < 1.29 is 18.7 Å². The summed E-state index contributed by atoms with van der Waals surface area (Å²) in [5, 5.41) is 0. The molecule has 126 valence electrons. The fraction of sp³-hybridized carbons (Fsp3) is 0.529. The van der Waals surface area contributed by atoms with E-state index in [0.717, 1.165) is 6.42 Å². The molecule has 23 heavy (non-hydrogen) atoms. The van der Waals surface area contributed by atoms with Crippen molar-refractivity contribution >= 4 is 11.7 Å². The van der Waals surface area contributed by atoms with Crippen LogP contribution in [0, 0.1) is 11.7 Å². The number of hydrogen-bond acceptors (Lipinski definition) is 4. The lowest BCUT2D eigenvalue weighted by molar-refractivity contribution is -0.137. The van der Waals surface area contributed by atoms with Gasteiger partial charge >= 0.3 is 0 Å². The van der Waals surface area contributed by atoms with Crippen molar-refractivity contribution in [1.29, 1.82) is 0 Å². The van der Waals surface area contributed by atoms with Gasteiger partial charge in [-0.1, -0.05) is 0 Å². The maximum atomic E-state index is 13.5. The molecule has 0 aromatic heterocycles. The van der Waals surface area contributed by atoms with Crippen LogP contribution in [0.4, 0.5) is 4.39 Å². The van der Waals surface area contributed by atoms with Gasteiger partial charge in [-0.05, 0) is 44.9 Å². The van der Waals surface area contributed by atoms with Crippen LogP contribution in [0.15, 0.2) is 18.2 Å². The molecular formula is C17H23FN2O3. The van der Waals surface area contributed by atoms with Gasteiger partial charge in [0.1, 0.15) is 11.6 Å². The molecule has 1 fully saturated rings. The minimum absolute atomic E-state index is 0.179. The topological polar surface area (TPSA) is 72.6 Å². The van der Waals surface area contributed by atoms with Crippen molar-refractivity contribution in [2.45, 2.75) is 32.2 Å². The van der Waals surface area contributed by atoms with Crippen LogP contribution in [0.2, 0.25) is 0 Å². The number of amides is 1. The van der Waals surface area contributed by atoms with Gasteiger partial charge in [-0.2, -0.15) is 0 Å². The Kier molecular flexibility index (Phi) is 5.04. The number of ketones is 1. The highest BCUT2D eigenvalue weighted by atomic mass is 19.1. The minimum Gasteiger partial charge on any atom is -0.496 e. The van der Waals surface area contributed by atoms with Crippen molar-refractivity contribution in [3.8, 4) is 5.75 Å². The smallest absolute Gasteiger partial charge is 0.242 e. The molecule has 1 aliphatic heterocycles. The monoisotopic (exact) mass is 322 g/mol. The van der Waals surface area contributed by atoms with Crippen molar-refractivity contribution in [2.24, 2.45) is 11.7 Å². The van der Waals surface area contributed by atoms with E-state index in [1.54, 1.807) is 18.7 Å². The average molecular weight is 322 g/mol. The van der Waals surface area contributed by atoms with Crippen LogP contribution in [0.1, 0.15) is 37.0 Å². The van der Waals surface area contributed by atoms with Gasteiger partial charge in [0.25, 0.3) is 0 Å². The molecule has 0 unspecified atom stereocenters. The third-order valence-electron chi connectivity index (χ3n) is 4.06. The number of carbonyl (C=O) groups is 2. The van der Waals surface area contributed by atoms with Crippen molar-refractivity contribution in [1.82, 2.24) is 4.90 Å². The number of carbonyl (C=O) groups excluding carboxylic acids is 2. The van der Waals surface area contributed by atoms with Crippen LogP contribution >= 0.6 is 0 Å². The summed E-state index contributed by atoms with van der Waals surface area (Å²) in [7, 11) is 1.44. The summed E-state index contributed by atoms with van der Waals surface area (Å²) in [6.07, 6.45) is 1.38. The third kappa shape index (κ3) is 3.88. The number of benzene rings is 1. The zero-order valence-electron chi connectivity index (χ0n) is 13.8. The molecule has 0 spiro atoms. The molecule has 1 amide bonds. The number of nitrogens with two attached hydrogens (primary N) is 1. The number of likely N-dealkylation sites (tertiary alicyclic amines) is 1. The highest BCUT2D eigenvalue weighted by molar-refractivity contribution is 6.01. The maximum Gasteiger partial charge on any atom is 0.242 e. The third-order valence-corrected chi connectivity index (χ3v) is 4.06. The Bertz CT molecular complexity index is 610. The summed E-state index contributed by atoms with van der Waals surface area (Å²) < 4.78 is 18.6. The van der Waals surface area contributed by atoms with Crippen LogP contribution in [0.5, 0.6) is 5.75 Å². The summed E-state index contributed by atoms with van der Waals surface area (Å²) in [5.41, 5.74) is 5.11. The molecule has 2 rings (SSSR count). The zero-order chi connectivity index (χ0) is 17.2. The number of hydrogen-bond donors (Lipinski definition) is 1. The second kappa shape index (κ2) is 6.66. The SMILES string of the molecule is COc1ccc(F)cc1C(=O)[C@H]1CCCN(C(=O)C(C)(C)N)C1. The highest BCUT2D eigenvalue weighted by Crippen LogP contribution is 2.27. The van der Waals surface area contributed by atoms with Gasteiger partial charge in [-0.25, -0.2) is 4.39 Å². The van der Waals surface area contributed by atoms with Crippen molar-refractivity contribution in [3.63, 3.8) is 0 Å². The summed E-state index contributed by atoms with van der Waals surface area (Å²) in [6.45, 7) is 4.19. The molecule has 1 aromatic rings. The predicted octanol–water partition coefficient (Wildman–Crippen LogP) is 1.99. The van der Waals surface area contributed by atoms with E-state index in [1.807, 2.05) is 0 Å².